The van der Waals surface area contributed by atoms with Crippen molar-refractivity contribution in [3.8, 4) is 5.75 Å². The van der Waals surface area contributed by atoms with Gasteiger partial charge < -0.3 is 14.6 Å². The number of carbonyl (C=O) groups excluding carboxylic acids is 1. The second-order valence-corrected chi connectivity index (χ2v) is 6.00. The minimum absolute atomic E-state index is 0.0773. The molecule has 1 aromatic rings. The Balaban J connectivity index is 2.83. The molecular weight excluding hydrogens is 272 g/mol. The summed E-state index contributed by atoms with van der Waals surface area (Å²) in [5, 5.41) is 8.75. The zero-order chi connectivity index (χ0) is 16.2. The molecular formula is C16H22O5. The molecule has 0 saturated carbocycles. The second-order valence-electron chi connectivity index (χ2n) is 6.00. The van der Waals surface area contributed by atoms with Gasteiger partial charge in [-0.2, -0.15) is 0 Å². The highest BCUT2D eigenvalue weighted by Gasteiger charge is 2.18. The van der Waals surface area contributed by atoms with Gasteiger partial charge in [0.1, 0.15) is 11.4 Å². The van der Waals surface area contributed by atoms with Crippen molar-refractivity contribution in [2.24, 2.45) is 0 Å². The van der Waals surface area contributed by atoms with Crippen molar-refractivity contribution in [1.29, 1.82) is 0 Å². The van der Waals surface area contributed by atoms with Crippen LogP contribution in [-0.2, 0) is 16.0 Å². The van der Waals surface area contributed by atoms with Crippen molar-refractivity contribution < 1.29 is 24.2 Å². The van der Waals surface area contributed by atoms with Gasteiger partial charge in [0.25, 0.3) is 0 Å². The van der Waals surface area contributed by atoms with Gasteiger partial charge in [0, 0.05) is 6.42 Å². The van der Waals surface area contributed by atoms with Crippen LogP contribution in [0.1, 0.15) is 43.9 Å². The first-order valence-electron chi connectivity index (χ1n) is 6.81. The van der Waals surface area contributed by atoms with Crippen molar-refractivity contribution in [1.82, 2.24) is 0 Å². The lowest BCUT2D eigenvalue weighted by atomic mass is 9.98. The van der Waals surface area contributed by atoms with E-state index in [-0.39, 0.29) is 6.42 Å². The van der Waals surface area contributed by atoms with Gasteiger partial charge in [-0.25, -0.2) is 4.79 Å². The van der Waals surface area contributed by atoms with Crippen LogP contribution in [0.15, 0.2) is 12.1 Å². The van der Waals surface area contributed by atoms with Gasteiger partial charge in [-0.1, -0.05) is 0 Å². The molecule has 0 saturated heterocycles. The fourth-order valence-electron chi connectivity index (χ4n) is 2.01. The molecule has 0 aliphatic carbocycles. The molecule has 116 valence electrons. The maximum absolute atomic E-state index is 11.6. The van der Waals surface area contributed by atoms with E-state index in [1.807, 2.05) is 13.8 Å². The van der Waals surface area contributed by atoms with E-state index in [0.29, 0.717) is 12.2 Å². The minimum Gasteiger partial charge on any atom is -0.481 e. The number of carboxylic acid groups (broad SMARTS) is 1. The number of carboxylic acids is 1. The summed E-state index contributed by atoms with van der Waals surface area (Å²) in [5.41, 5.74) is 2.15. The maximum atomic E-state index is 11.6. The molecule has 0 aliphatic rings. The smallest absolute Gasteiger partial charge is 0.481 e. The molecule has 21 heavy (non-hydrogen) atoms. The van der Waals surface area contributed by atoms with E-state index >= 15 is 0 Å². The number of benzene rings is 1. The van der Waals surface area contributed by atoms with Crippen LogP contribution in [-0.4, -0.2) is 22.8 Å². The van der Waals surface area contributed by atoms with E-state index in [1.54, 1.807) is 32.9 Å². The standard InChI is InChI=1S/C16H22O5/c1-10-8-12(20-15(19)21-16(3,4)5)9-11(2)13(10)6-7-14(17)18/h8-9H,6-7H2,1-5H3,(H,17,18). The molecule has 0 bridgehead atoms. The molecule has 0 radical (unpaired) electrons. The van der Waals surface area contributed by atoms with E-state index < -0.39 is 17.7 Å². The van der Waals surface area contributed by atoms with Gasteiger partial charge >= 0.3 is 12.1 Å². The van der Waals surface area contributed by atoms with Crippen LogP contribution in [0.3, 0.4) is 0 Å². The number of rotatable bonds is 4. The minimum atomic E-state index is -0.831. The lowest BCUT2D eigenvalue weighted by molar-refractivity contribution is -0.136. The van der Waals surface area contributed by atoms with Crippen LogP contribution >= 0.6 is 0 Å². The van der Waals surface area contributed by atoms with Gasteiger partial charge in [-0.3, -0.25) is 4.79 Å². The summed E-state index contributed by atoms with van der Waals surface area (Å²) in [5.74, 6) is -0.429. The highest BCUT2D eigenvalue weighted by Crippen LogP contribution is 2.24. The first-order valence-corrected chi connectivity index (χ1v) is 6.81. The summed E-state index contributed by atoms with van der Waals surface area (Å²) in [6.45, 7) is 9.03. The third-order valence-corrected chi connectivity index (χ3v) is 2.85. The molecule has 0 fully saturated rings. The zero-order valence-corrected chi connectivity index (χ0v) is 13.1. The molecule has 1 rings (SSSR count). The average Bonchev–Trinajstić information content (AvgIpc) is 2.24. The van der Waals surface area contributed by atoms with Crippen LogP contribution in [0.25, 0.3) is 0 Å². The highest BCUT2D eigenvalue weighted by molar-refractivity contribution is 5.67. The van der Waals surface area contributed by atoms with Crippen molar-refractivity contribution in [3.63, 3.8) is 0 Å². The van der Waals surface area contributed by atoms with Crippen LogP contribution in [0.5, 0.6) is 5.75 Å². The number of aliphatic carboxylic acids is 1. The van der Waals surface area contributed by atoms with Crippen molar-refractivity contribution >= 4 is 12.1 Å². The Morgan fingerprint density at radius 1 is 1.14 bits per heavy atom. The number of carbonyl (C=O) groups is 2. The van der Waals surface area contributed by atoms with E-state index in [2.05, 4.69) is 0 Å². The van der Waals surface area contributed by atoms with E-state index in [0.717, 1.165) is 16.7 Å². The predicted octanol–water partition coefficient (Wildman–Crippen LogP) is 3.63. The van der Waals surface area contributed by atoms with Gasteiger partial charge in [0.2, 0.25) is 0 Å². The number of ether oxygens (including phenoxy) is 2. The van der Waals surface area contributed by atoms with E-state index in [1.165, 1.54) is 0 Å². The Labute approximate surface area is 124 Å². The Morgan fingerprint density at radius 2 is 1.67 bits per heavy atom. The van der Waals surface area contributed by atoms with Crippen LogP contribution in [0.4, 0.5) is 4.79 Å². The summed E-state index contributed by atoms with van der Waals surface area (Å²) in [6, 6.07) is 3.43. The van der Waals surface area contributed by atoms with Crippen molar-refractivity contribution in [3.05, 3.63) is 28.8 Å². The number of hydrogen-bond acceptors (Lipinski definition) is 4. The van der Waals surface area contributed by atoms with Gasteiger partial charge in [0.15, 0.2) is 0 Å². The van der Waals surface area contributed by atoms with E-state index in [4.69, 9.17) is 14.6 Å². The third kappa shape index (κ3) is 5.85. The molecule has 1 aromatic carbocycles. The van der Waals surface area contributed by atoms with Gasteiger partial charge in [-0.15, -0.1) is 0 Å². The summed E-state index contributed by atoms with van der Waals surface area (Å²) < 4.78 is 10.2. The largest absolute Gasteiger partial charge is 0.514 e. The summed E-state index contributed by atoms with van der Waals surface area (Å²) in [7, 11) is 0. The first-order chi connectivity index (χ1) is 9.58. The Morgan fingerprint density at radius 3 is 2.10 bits per heavy atom. The maximum Gasteiger partial charge on any atom is 0.514 e. The quantitative estimate of drug-likeness (QED) is 0.678. The molecule has 0 heterocycles. The molecule has 0 spiro atoms. The Kier molecular flexibility index (Phi) is 5.35. The van der Waals surface area contributed by atoms with Gasteiger partial charge in [-0.05, 0) is 69.9 Å². The predicted molar refractivity (Wildman–Crippen MR) is 78.7 cm³/mol. The molecule has 0 aliphatic heterocycles. The summed E-state index contributed by atoms with van der Waals surface area (Å²) >= 11 is 0. The average molecular weight is 294 g/mol. The molecule has 0 aromatic heterocycles. The second kappa shape index (κ2) is 6.61. The number of hydrogen-bond donors (Lipinski definition) is 1. The fraction of sp³-hybridized carbons (Fsp3) is 0.500. The van der Waals surface area contributed by atoms with Crippen molar-refractivity contribution in [2.45, 2.75) is 53.1 Å². The van der Waals surface area contributed by atoms with Gasteiger partial charge in [0.05, 0.1) is 0 Å². The van der Waals surface area contributed by atoms with E-state index in [9.17, 15) is 9.59 Å². The molecule has 0 unspecified atom stereocenters. The first kappa shape index (κ1) is 17.0. The van der Waals surface area contributed by atoms with Crippen LogP contribution in [0, 0.1) is 13.8 Å². The Bertz CT molecular complexity index is 517. The SMILES string of the molecule is Cc1cc(OC(=O)OC(C)(C)C)cc(C)c1CCC(=O)O. The zero-order valence-electron chi connectivity index (χ0n) is 13.1. The normalized spacial score (nSPS) is 11.1. The van der Waals surface area contributed by atoms with Crippen molar-refractivity contribution in [2.75, 3.05) is 0 Å². The lowest BCUT2D eigenvalue weighted by Crippen LogP contribution is -2.26. The number of aryl methyl sites for hydroxylation is 2. The summed E-state index contributed by atoms with van der Waals surface area (Å²) in [4.78, 5) is 22.3. The summed E-state index contributed by atoms with van der Waals surface area (Å²) in [6.07, 6.45) is -0.215. The monoisotopic (exact) mass is 294 g/mol. The van der Waals surface area contributed by atoms with Crippen LogP contribution in [0.2, 0.25) is 0 Å². The molecule has 0 atom stereocenters. The Hall–Kier alpha value is -2.04. The lowest BCUT2D eigenvalue weighted by Gasteiger charge is -2.19. The molecule has 1 N–H and O–H groups in total. The molecule has 5 heteroatoms. The van der Waals surface area contributed by atoms with Crippen LogP contribution < -0.4 is 4.74 Å². The highest BCUT2D eigenvalue weighted by atomic mass is 16.7. The fourth-order valence-corrected chi connectivity index (χ4v) is 2.01. The third-order valence-electron chi connectivity index (χ3n) is 2.85. The molecule has 0 amide bonds. The molecule has 5 nitrogen and oxygen atoms in total. The topological polar surface area (TPSA) is 72.8 Å².